The van der Waals surface area contributed by atoms with Gasteiger partial charge >= 0.3 is 6.01 Å². The Balaban J connectivity index is 1.77. The molecule has 0 aliphatic rings. The van der Waals surface area contributed by atoms with Gasteiger partial charge in [0.05, 0.1) is 19.9 Å². The molecule has 7 nitrogen and oxygen atoms in total. The third-order valence-electron chi connectivity index (χ3n) is 5.29. The molecule has 172 valence electrons. The van der Waals surface area contributed by atoms with E-state index in [9.17, 15) is 4.79 Å². The molecule has 1 heterocycles. The predicted molar refractivity (Wildman–Crippen MR) is 131 cm³/mol. The zero-order valence-electron chi connectivity index (χ0n) is 19.8. The molecule has 3 aromatic rings. The summed E-state index contributed by atoms with van der Waals surface area (Å²) < 4.78 is 10.5. The van der Waals surface area contributed by atoms with Crippen LogP contribution in [0.4, 0.5) is 5.82 Å². The summed E-state index contributed by atoms with van der Waals surface area (Å²) in [7, 11) is 3.19. The van der Waals surface area contributed by atoms with Gasteiger partial charge < -0.3 is 14.8 Å². The van der Waals surface area contributed by atoms with Crippen LogP contribution in [-0.4, -0.2) is 42.4 Å². The Labute approximate surface area is 194 Å². The smallest absolute Gasteiger partial charge is 0.318 e. The van der Waals surface area contributed by atoms with Crippen LogP contribution in [0, 0.1) is 5.92 Å². The van der Waals surface area contributed by atoms with Crippen molar-refractivity contribution in [2.24, 2.45) is 10.9 Å². The summed E-state index contributed by atoms with van der Waals surface area (Å²) in [6.45, 7) is 6.58. The minimum Gasteiger partial charge on any atom is -0.497 e. The fourth-order valence-electron chi connectivity index (χ4n) is 3.05. The fourth-order valence-corrected chi connectivity index (χ4v) is 3.05. The molecule has 2 aromatic carbocycles. The number of anilines is 1. The number of carbonyl (C=O) groups excluding carboxylic acids is 1. The number of methoxy groups -OCH3 is 2. The van der Waals surface area contributed by atoms with Crippen LogP contribution >= 0.6 is 0 Å². The number of aliphatic imine (C=N–C) groups is 1. The first kappa shape index (κ1) is 23.9. The van der Waals surface area contributed by atoms with E-state index < -0.39 is 0 Å². The van der Waals surface area contributed by atoms with E-state index in [1.54, 1.807) is 19.2 Å². The van der Waals surface area contributed by atoms with E-state index >= 15 is 0 Å². The normalized spacial score (nSPS) is 11.4. The maximum Gasteiger partial charge on any atom is 0.318 e. The monoisotopic (exact) mass is 446 g/mol. The first-order valence-corrected chi connectivity index (χ1v) is 10.9. The number of hydrogen-bond acceptors (Lipinski definition) is 6. The Morgan fingerprint density at radius 1 is 1.03 bits per heavy atom. The summed E-state index contributed by atoms with van der Waals surface area (Å²) in [5.74, 6) is 1.44. The number of hydrogen-bond donors (Lipinski definition) is 1. The number of benzene rings is 2. The maximum absolute atomic E-state index is 12.6. The average molecular weight is 447 g/mol. The van der Waals surface area contributed by atoms with Crippen molar-refractivity contribution in [2.45, 2.75) is 27.2 Å². The minimum absolute atomic E-state index is 0.217. The summed E-state index contributed by atoms with van der Waals surface area (Å²) in [6, 6.07) is 17.4. The highest BCUT2D eigenvalue weighted by Gasteiger charge is 2.11. The maximum atomic E-state index is 12.6. The van der Waals surface area contributed by atoms with E-state index in [4.69, 9.17) is 9.47 Å². The van der Waals surface area contributed by atoms with Crippen molar-refractivity contribution in [3.05, 3.63) is 65.7 Å². The van der Waals surface area contributed by atoms with Gasteiger partial charge in [0.1, 0.15) is 11.6 Å². The lowest BCUT2D eigenvalue weighted by Crippen LogP contribution is -2.08. The number of nitrogens with zero attached hydrogens (tertiary/aromatic N) is 3. The van der Waals surface area contributed by atoms with Gasteiger partial charge in [0.2, 0.25) is 0 Å². The van der Waals surface area contributed by atoms with Crippen molar-refractivity contribution in [3.8, 4) is 23.0 Å². The molecule has 0 saturated carbocycles. The summed E-state index contributed by atoms with van der Waals surface area (Å²) in [4.78, 5) is 25.7. The Bertz CT molecular complexity index is 1120. The number of rotatable bonds is 9. The highest BCUT2D eigenvalue weighted by Crippen LogP contribution is 2.24. The molecule has 0 spiro atoms. The Morgan fingerprint density at radius 2 is 1.79 bits per heavy atom. The molecule has 1 aromatic heterocycles. The molecule has 3 rings (SSSR count). The van der Waals surface area contributed by atoms with E-state index in [1.807, 2.05) is 63.2 Å². The Hall–Kier alpha value is -3.74. The van der Waals surface area contributed by atoms with Crippen molar-refractivity contribution in [2.75, 3.05) is 26.1 Å². The first-order chi connectivity index (χ1) is 15.9. The second-order valence-electron chi connectivity index (χ2n) is 7.94. The van der Waals surface area contributed by atoms with Crippen LogP contribution in [0.25, 0.3) is 11.3 Å². The molecule has 0 fully saturated rings. The highest BCUT2D eigenvalue weighted by molar-refractivity contribution is 6.04. The topological polar surface area (TPSA) is 85.7 Å². The van der Waals surface area contributed by atoms with Gasteiger partial charge in [0.15, 0.2) is 0 Å². The lowest BCUT2D eigenvalue weighted by molar-refractivity contribution is 0.100. The zero-order valence-corrected chi connectivity index (χ0v) is 19.8. The summed E-state index contributed by atoms with van der Waals surface area (Å²) >= 11 is 0. The van der Waals surface area contributed by atoms with Gasteiger partial charge in [-0.3, -0.25) is 4.79 Å². The van der Waals surface area contributed by atoms with Crippen molar-refractivity contribution in [1.29, 1.82) is 0 Å². The molecule has 0 bridgehead atoms. The van der Waals surface area contributed by atoms with Crippen LogP contribution < -0.4 is 14.8 Å². The summed E-state index contributed by atoms with van der Waals surface area (Å²) in [6.07, 6.45) is 0.822. The van der Waals surface area contributed by atoms with Gasteiger partial charge in [-0.15, -0.1) is 0 Å². The summed E-state index contributed by atoms with van der Waals surface area (Å²) in [5, 5.41) is 3.33. The number of aromatic nitrogens is 2. The Morgan fingerprint density at radius 3 is 2.45 bits per heavy atom. The van der Waals surface area contributed by atoms with Crippen molar-refractivity contribution in [3.63, 3.8) is 0 Å². The van der Waals surface area contributed by atoms with Crippen molar-refractivity contribution >= 4 is 17.4 Å². The highest BCUT2D eigenvalue weighted by atomic mass is 16.5. The van der Waals surface area contributed by atoms with Crippen molar-refractivity contribution in [1.82, 2.24) is 9.97 Å². The van der Waals surface area contributed by atoms with Gasteiger partial charge in [-0.1, -0.05) is 38.1 Å². The second-order valence-corrected chi connectivity index (χ2v) is 7.94. The molecular formula is C26H30N4O3. The number of carbonyl (C=O) groups is 1. The van der Waals surface area contributed by atoms with Gasteiger partial charge in [0, 0.05) is 29.4 Å². The molecule has 0 radical (unpaired) electrons. The second kappa shape index (κ2) is 11.2. The van der Waals surface area contributed by atoms with Gasteiger partial charge in [0.25, 0.3) is 5.91 Å². The standard InChI is InChI=1S/C26H30N4O3/c1-17(2)18(3)28-25(31)21-8-6-7-20(15-21)23-16-24(30-26(29-23)33-5)27-14-13-19-9-11-22(32-4)12-10-19/h6-12,15-17H,13-14H2,1-5H3,(H,27,29,30). The molecule has 0 atom stereocenters. The zero-order chi connectivity index (χ0) is 23.8. The minimum atomic E-state index is -0.262. The lowest BCUT2D eigenvalue weighted by atomic mass is 10.1. The molecule has 0 aliphatic carbocycles. The number of ether oxygens (including phenoxy) is 2. The molecule has 1 N–H and O–H groups in total. The SMILES string of the molecule is COc1ccc(CCNc2cc(-c3cccc(C(=O)N=C(C)C(C)C)c3)nc(OC)n2)cc1. The van der Waals surface area contributed by atoms with E-state index in [2.05, 4.69) is 20.3 Å². The van der Waals surface area contributed by atoms with E-state index in [0.717, 1.165) is 23.4 Å². The van der Waals surface area contributed by atoms with Crippen LogP contribution in [0.5, 0.6) is 11.8 Å². The predicted octanol–water partition coefficient (Wildman–Crippen LogP) is 5.07. The van der Waals surface area contributed by atoms with Crippen LogP contribution in [0.3, 0.4) is 0 Å². The quantitative estimate of drug-likeness (QED) is 0.462. The van der Waals surface area contributed by atoms with Gasteiger partial charge in [-0.25, -0.2) is 4.99 Å². The third-order valence-corrected chi connectivity index (χ3v) is 5.29. The molecule has 1 amide bonds. The first-order valence-electron chi connectivity index (χ1n) is 10.9. The number of nitrogens with one attached hydrogen (secondary N) is 1. The average Bonchev–Trinajstić information content (AvgIpc) is 2.84. The third kappa shape index (κ3) is 6.62. The van der Waals surface area contributed by atoms with Gasteiger partial charge in [-0.2, -0.15) is 9.97 Å². The number of amides is 1. The Kier molecular flexibility index (Phi) is 8.13. The molecule has 0 aliphatic heterocycles. The molecule has 7 heteroatoms. The fraction of sp³-hybridized carbons (Fsp3) is 0.308. The molecule has 33 heavy (non-hydrogen) atoms. The van der Waals surface area contributed by atoms with E-state index in [-0.39, 0.29) is 17.8 Å². The van der Waals surface area contributed by atoms with Crippen molar-refractivity contribution < 1.29 is 14.3 Å². The molecule has 0 unspecified atom stereocenters. The van der Waals surface area contributed by atoms with Crippen LogP contribution in [0.1, 0.15) is 36.7 Å². The molecule has 0 saturated heterocycles. The van der Waals surface area contributed by atoms with E-state index in [1.165, 1.54) is 12.7 Å². The molecular weight excluding hydrogens is 416 g/mol. The van der Waals surface area contributed by atoms with Crippen LogP contribution in [0.2, 0.25) is 0 Å². The largest absolute Gasteiger partial charge is 0.497 e. The summed E-state index contributed by atoms with van der Waals surface area (Å²) in [5.41, 5.74) is 3.95. The van der Waals surface area contributed by atoms with Gasteiger partial charge in [-0.05, 0) is 49.1 Å². The lowest BCUT2D eigenvalue weighted by Gasteiger charge is -2.10. The van der Waals surface area contributed by atoms with E-state index in [0.29, 0.717) is 23.6 Å². The van der Waals surface area contributed by atoms with Crippen LogP contribution in [0.15, 0.2) is 59.6 Å². The van der Waals surface area contributed by atoms with Crippen LogP contribution in [-0.2, 0) is 6.42 Å².